The monoisotopic (exact) mass is 265 g/mol. The molecule has 4 heteroatoms. The van der Waals surface area contributed by atoms with E-state index in [1.165, 1.54) is 11.8 Å². The molecule has 17 heavy (non-hydrogen) atoms. The molecule has 0 bridgehead atoms. The first kappa shape index (κ1) is 13.9. The Morgan fingerprint density at radius 1 is 1.41 bits per heavy atom. The van der Waals surface area contributed by atoms with Gasteiger partial charge in [0.25, 0.3) is 0 Å². The fraction of sp³-hybridized carbons (Fsp3) is 0.231. The molecule has 0 heterocycles. The van der Waals surface area contributed by atoms with Crippen LogP contribution in [0.15, 0.2) is 30.3 Å². The summed E-state index contributed by atoms with van der Waals surface area (Å²) in [5.74, 6) is 0.830. The second-order valence-electron chi connectivity index (χ2n) is 3.52. The summed E-state index contributed by atoms with van der Waals surface area (Å²) >= 11 is 6.23. The zero-order chi connectivity index (χ0) is 12.7. The Kier molecular flexibility index (Phi) is 5.94. The molecule has 90 valence electrons. The van der Waals surface area contributed by atoms with Crippen molar-refractivity contribution < 1.29 is 4.79 Å². The van der Waals surface area contributed by atoms with Crippen LogP contribution >= 0.6 is 24.0 Å². The molecule has 0 radical (unpaired) electrons. The van der Waals surface area contributed by atoms with Gasteiger partial charge in [-0.05, 0) is 12.0 Å². The number of rotatable bonds is 5. The van der Waals surface area contributed by atoms with Gasteiger partial charge >= 0.3 is 0 Å². The Morgan fingerprint density at radius 3 is 2.59 bits per heavy atom. The van der Waals surface area contributed by atoms with E-state index in [0.29, 0.717) is 4.99 Å². The first-order valence-corrected chi connectivity index (χ1v) is 6.69. The molecule has 0 saturated carbocycles. The summed E-state index contributed by atoms with van der Waals surface area (Å²) < 4.78 is 0. The third-order valence-corrected chi connectivity index (χ3v) is 3.18. The molecule has 1 aromatic carbocycles. The SMILES string of the molecule is CC(=O)SCCC=Cc1ccc(C(N)=S)cc1. The average molecular weight is 265 g/mol. The van der Waals surface area contributed by atoms with Crippen molar-refractivity contribution >= 4 is 40.2 Å². The molecule has 0 fully saturated rings. The topological polar surface area (TPSA) is 43.1 Å². The van der Waals surface area contributed by atoms with Crippen molar-refractivity contribution in [3.05, 3.63) is 41.5 Å². The molecule has 0 amide bonds. The van der Waals surface area contributed by atoms with E-state index in [2.05, 4.69) is 6.08 Å². The summed E-state index contributed by atoms with van der Waals surface area (Å²) in [5.41, 5.74) is 7.50. The Hall–Kier alpha value is -1.13. The Balaban J connectivity index is 2.43. The molecule has 1 rings (SSSR count). The molecule has 2 nitrogen and oxygen atoms in total. The number of carbonyl (C=O) groups excluding carboxylic acids is 1. The van der Waals surface area contributed by atoms with Gasteiger partial charge in [-0.3, -0.25) is 4.79 Å². The molecule has 0 aliphatic heterocycles. The van der Waals surface area contributed by atoms with E-state index in [9.17, 15) is 4.79 Å². The maximum absolute atomic E-state index is 10.7. The number of hydrogen-bond acceptors (Lipinski definition) is 3. The Labute approximate surface area is 111 Å². The highest BCUT2D eigenvalue weighted by molar-refractivity contribution is 8.13. The molecule has 0 aliphatic carbocycles. The zero-order valence-corrected chi connectivity index (χ0v) is 11.3. The summed E-state index contributed by atoms with van der Waals surface area (Å²) in [6.07, 6.45) is 4.98. The summed E-state index contributed by atoms with van der Waals surface area (Å²) in [6, 6.07) is 7.77. The van der Waals surface area contributed by atoms with Crippen molar-refractivity contribution in [3.63, 3.8) is 0 Å². The van der Waals surface area contributed by atoms with E-state index in [-0.39, 0.29) is 5.12 Å². The van der Waals surface area contributed by atoms with Crippen molar-refractivity contribution in [3.8, 4) is 0 Å². The third-order valence-electron chi connectivity index (χ3n) is 2.10. The van der Waals surface area contributed by atoms with Crippen LogP contribution in [0.25, 0.3) is 6.08 Å². The second-order valence-corrected chi connectivity index (χ2v) is 5.23. The molecule has 0 atom stereocenters. The average Bonchev–Trinajstić information content (AvgIpc) is 2.29. The van der Waals surface area contributed by atoms with E-state index in [1.807, 2.05) is 30.3 Å². The third kappa shape index (κ3) is 5.65. The van der Waals surface area contributed by atoms with Crippen LogP contribution in [-0.4, -0.2) is 15.9 Å². The van der Waals surface area contributed by atoms with Crippen LogP contribution in [0.5, 0.6) is 0 Å². The second kappa shape index (κ2) is 7.25. The lowest BCUT2D eigenvalue weighted by atomic mass is 10.1. The summed E-state index contributed by atoms with van der Waals surface area (Å²) in [4.78, 5) is 11.1. The van der Waals surface area contributed by atoms with Gasteiger partial charge in [0.05, 0.1) is 0 Å². The smallest absolute Gasteiger partial charge is 0.185 e. The largest absolute Gasteiger partial charge is 0.389 e. The summed E-state index contributed by atoms with van der Waals surface area (Å²) in [7, 11) is 0. The molecule has 0 saturated heterocycles. The minimum Gasteiger partial charge on any atom is -0.389 e. The number of hydrogen-bond donors (Lipinski definition) is 1. The highest BCUT2D eigenvalue weighted by Gasteiger charge is 1.94. The van der Waals surface area contributed by atoms with Crippen LogP contribution in [0.3, 0.4) is 0 Å². The predicted octanol–water partition coefficient (Wildman–Crippen LogP) is 3.00. The highest BCUT2D eigenvalue weighted by Crippen LogP contribution is 2.08. The van der Waals surface area contributed by atoms with Crippen LogP contribution < -0.4 is 5.73 Å². The number of allylic oxidation sites excluding steroid dienone is 1. The lowest BCUT2D eigenvalue weighted by Gasteiger charge is -1.98. The Bertz CT molecular complexity index is 424. The van der Waals surface area contributed by atoms with Gasteiger partial charge in [0.1, 0.15) is 4.99 Å². The molecule has 0 aromatic heterocycles. The van der Waals surface area contributed by atoms with Crippen LogP contribution in [0.1, 0.15) is 24.5 Å². The van der Waals surface area contributed by atoms with Crippen molar-refractivity contribution in [2.45, 2.75) is 13.3 Å². The van der Waals surface area contributed by atoms with Gasteiger partial charge in [-0.1, -0.05) is 60.4 Å². The maximum atomic E-state index is 10.7. The predicted molar refractivity (Wildman–Crippen MR) is 79.1 cm³/mol. The van der Waals surface area contributed by atoms with Crippen molar-refractivity contribution in [1.82, 2.24) is 0 Å². The first-order valence-electron chi connectivity index (χ1n) is 5.29. The van der Waals surface area contributed by atoms with E-state index in [4.69, 9.17) is 18.0 Å². The standard InChI is InChI=1S/C13H15NOS2/c1-10(15)17-9-3-2-4-11-5-7-12(8-6-11)13(14)16/h2,4-8H,3,9H2,1H3,(H2,14,16). The number of carbonyl (C=O) groups is 1. The van der Waals surface area contributed by atoms with Gasteiger partial charge in [-0.2, -0.15) is 0 Å². The molecule has 0 aliphatic rings. The molecular weight excluding hydrogens is 250 g/mol. The minimum absolute atomic E-state index is 0.166. The molecule has 0 unspecified atom stereocenters. The number of nitrogens with two attached hydrogens (primary N) is 1. The van der Waals surface area contributed by atoms with Gasteiger partial charge < -0.3 is 5.73 Å². The van der Waals surface area contributed by atoms with Crippen LogP contribution in [0.2, 0.25) is 0 Å². The maximum Gasteiger partial charge on any atom is 0.185 e. The molecule has 2 N–H and O–H groups in total. The van der Waals surface area contributed by atoms with Crippen LogP contribution in [0.4, 0.5) is 0 Å². The quantitative estimate of drug-likeness (QED) is 0.656. The fourth-order valence-corrected chi connectivity index (χ4v) is 1.93. The first-order chi connectivity index (χ1) is 8.09. The van der Waals surface area contributed by atoms with Crippen molar-refractivity contribution in [1.29, 1.82) is 0 Å². The number of thioether (sulfide) groups is 1. The lowest BCUT2D eigenvalue weighted by Crippen LogP contribution is -2.08. The molecular formula is C13H15NOS2. The van der Waals surface area contributed by atoms with Crippen molar-refractivity contribution in [2.75, 3.05) is 5.75 Å². The highest BCUT2D eigenvalue weighted by atomic mass is 32.2. The van der Waals surface area contributed by atoms with Crippen LogP contribution in [0, 0.1) is 0 Å². The number of thiocarbonyl (C=S) groups is 1. The number of benzene rings is 1. The summed E-state index contributed by atoms with van der Waals surface area (Å²) in [6.45, 7) is 1.59. The van der Waals surface area contributed by atoms with E-state index in [1.54, 1.807) is 6.92 Å². The Morgan fingerprint density at radius 2 is 2.06 bits per heavy atom. The van der Waals surface area contributed by atoms with Crippen LogP contribution in [-0.2, 0) is 4.79 Å². The lowest BCUT2D eigenvalue weighted by molar-refractivity contribution is -0.109. The van der Waals surface area contributed by atoms with Gasteiger partial charge in [-0.15, -0.1) is 0 Å². The van der Waals surface area contributed by atoms with E-state index in [0.717, 1.165) is 23.3 Å². The van der Waals surface area contributed by atoms with E-state index >= 15 is 0 Å². The van der Waals surface area contributed by atoms with Gasteiger partial charge in [0.15, 0.2) is 5.12 Å². The van der Waals surface area contributed by atoms with Gasteiger partial charge in [0.2, 0.25) is 0 Å². The summed E-state index contributed by atoms with van der Waals surface area (Å²) in [5, 5.41) is 0.166. The fourth-order valence-electron chi connectivity index (χ4n) is 1.25. The molecule has 0 spiro atoms. The zero-order valence-electron chi connectivity index (χ0n) is 9.68. The van der Waals surface area contributed by atoms with Crippen molar-refractivity contribution in [2.24, 2.45) is 5.73 Å². The van der Waals surface area contributed by atoms with E-state index < -0.39 is 0 Å². The van der Waals surface area contributed by atoms with Gasteiger partial charge in [-0.25, -0.2) is 0 Å². The molecule has 1 aromatic rings. The minimum atomic E-state index is 0.166. The van der Waals surface area contributed by atoms with Gasteiger partial charge in [0, 0.05) is 18.2 Å². The normalized spacial score (nSPS) is 10.6.